The van der Waals surface area contributed by atoms with Crippen LogP contribution in [0.15, 0.2) is 60.7 Å². The summed E-state index contributed by atoms with van der Waals surface area (Å²) in [5.41, 5.74) is 1.93. The van der Waals surface area contributed by atoms with Crippen LogP contribution < -0.4 is 0 Å². The largest absolute Gasteiger partial charge is 0.480 e. The number of benzene rings is 2. The summed E-state index contributed by atoms with van der Waals surface area (Å²) in [5, 5.41) is 9.22. The van der Waals surface area contributed by atoms with Gasteiger partial charge < -0.3 is 5.11 Å². The molecule has 0 saturated heterocycles. The summed E-state index contributed by atoms with van der Waals surface area (Å²) in [4.78, 5) is 12.9. The van der Waals surface area contributed by atoms with Crippen LogP contribution in [0.4, 0.5) is 4.39 Å². The molecule has 0 saturated carbocycles. The summed E-state index contributed by atoms with van der Waals surface area (Å²) in [6, 6.07) is 17.9. The molecule has 1 unspecified atom stereocenters. The van der Waals surface area contributed by atoms with Crippen LogP contribution in [0.5, 0.6) is 0 Å². The molecule has 3 nitrogen and oxygen atoms in total. The molecule has 0 amide bonds. The number of carboxylic acids is 1. The van der Waals surface area contributed by atoms with Crippen molar-refractivity contribution >= 4 is 5.97 Å². The first-order valence-electron chi connectivity index (χ1n) is 6.81. The van der Waals surface area contributed by atoms with Crippen LogP contribution in [0.1, 0.15) is 11.1 Å². The summed E-state index contributed by atoms with van der Waals surface area (Å²) in [5.74, 6) is -1.13. The maximum absolute atomic E-state index is 13.1. The van der Waals surface area contributed by atoms with E-state index in [9.17, 15) is 14.3 Å². The lowest BCUT2D eigenvalue weighted by Crippen LogP contribution is -2.41. The number of aliphatic carboxylic acids is 1. The van der Waals surface area contributed by atoms with Gasteiger partial charge in [0.2, 0.25) is 0 Å². The third-order valence-corrected chi connectivity index (χ3v) is 3.33. The zero-order valence-electron chi connectivity index (χ0n) is 11.7. The summed E-state index contributed by atoms with van der Waals surface area (Å²) in [6.45, 7) is -0.109. The van der Waals surface area contributed by atoms with Gasteiger partial charge in [-0.15, -0.1) is 0 Å². The van der Waals surface area contributed by atoms with Crippen molar-refractivity contribution in [3.8, 4) is 0 Å². The first-order chi connectivity index (χ1) is 10.2. The normalized spacial score (nSPS) is 12.3. The lowest BCUT2D eigenvalue weighted by Gasteiger charge is -2.27. The van der Waals surface area contributed by atoms with Gasteiger partial charge in [-0.25, -0.2) is 4.39 Å². The molecule has 0 aliphatic rings. The zero-order valence-corrected chi connectivity index (χ0v) is 11.7. The van der Waals surface area contributed by atoms with E-state index in [0.29, 0.717) is 13.1 Å². The fourth-order valence-corrected chi connectivity index (χ4v) is 2.23. The van der Waals surface area contributed by atoms with E-state index >= 15 is 0 Å². The monoisotopic (exact) mass is 287 g/mol. The Morgan fingerprint density at radius 2 is 1.38 bits per heavy atom. The number of carboxylic acid groups (broad SMARTS) is 1. The van der Waals surface area contributed by atoms with E-state index in [2.05, 4.69) is 0 Å². The number of hydrogen-bond donors (Lipinski definition) is 1. The zero-order chi connectivity index (χ0) is 15.1. The molecule has 0 fully saturated rings. The fraction of sp³-hybridized carbons (Fsp3) is 0.235. The van der Waals surface area contributed by atoms with Gasteiger partial charge in [0.1, 0.15) is 12.7 Å². The molecule has 0 radical (unpaired) electrons. The van der Waals surface area contributed by atoms with Crippen LogP contribution >= 0.6 is 0 Å². The Hall–Kier alpha value is -2.20. The lowest BCUT2D eigenvalue weighted by molar-refractivity contribution is -0.144. The van der Waals surface area contributed by atoms with E-state index in [1.54, 1.807) is 4.90 Å². The molecule has 0 spiro atoms. The van der Waals surface area contributed by atoms with E-state index in [-0.39, 0.29) is 0 Å². The molecule has 2 aromatic carbocycles. The topological polar surface area (TPSA) is 40.5 Å². The second-order valence-electron chi connectivity index (χ2n) is 4.88. The number of carbonyl (C=O) groups is 1. The molecule has 0 aliphatic heterocycles. The van der Waals surface area contributed by atoms with Crippen LogP contribution in [0, 0.1) is 0 Å². The molecule has 4 heteroatoms. The van der Waals surface area contributed by atoms with Gasteiger partial charge in [-0.3, -0.25) is 9.69 Å². The Bertz CT molecular complexity index is 518. The summed E-state index contributed by atoms with van der Waals surface area (Å²) in [7, 11) is 0. The van der Waals surface area contributed by atoms with Crippen molar-refractivity contribution in [3.05, 3.63) is 71.8 Å². The van der Waals surface area contributed by atoms with Crippen molar-refractivity contribution in [1.82, 2.24) is 4.90 Å². The van der Waals surface area contributed by atoms with Gasteiger partial charge in [0.25, 0.3) is 0 Å². The molecule has 1 atom stereocenters. The van der Waals surface area contributed by atoms with Gasteiger partial charge in [0, 0.05) is 13.1 Å². The number of hydrogen-bond acceptors (Lipinski definition) is 2. The lowest BCUT2D eigenvalue weighted by atomic mass is 10.1. The Morgan fingerprint density at radius 3 is 1.71 bits per heavy atom. The summed E-state index contributed by atoms with van der Waals surface area (Å²) < 4.78 is 13.1. The molecule has 0 aliphatic carbocycles. The highest BCUT2D eigenvalue weighted by molar-refractivity contribution is 5.73. The van der Waals surface area contributed by atoms with E-state index in [1.807, 2.05) is 60.7 Å². The van der Waals surface area contributed by atoms with Gasteiger partial charge in [0.15, 0.2) is 0 Å². The Morgan fingerprint density at radius 1 is 0.952 bits per heavy atom. The molecule has 2 rings (SSSR count). The van der Waals surface area contributed by atoms with Crippen LogP contribution in [-0.2, 0) is 17.9 Å². The fourth-order valence-electron chi connectivity index (χ4n) is 2.23. The quantitative estimate of drug-likeness (QED) is 0.850. The highest BCUT2D eigenvalue weighted by Gasteiger charge is 2.25. The van der Waals surface area contributed by atoms with Crippen LogP contribution in [0.2, 0.25) is 0 Å². The molecule has 0 aromatic heterocycles. The Kier molecular flexibility index (Phi) is 5.46. The van der Waals surface area contributed by atoms with Gasteiger partial charge in [-0.05, 0) is 11.1 Å². The minimum Gasteiger partial charge on any atom is -0.480 e. The van der Waals surface area contributed by atoms with Crippen LogP contribution in [-0.4, -0.2) is 28.7 Å². The van der Waals surface area contributed by atoms with Gasteiger partial charge in [0.05, 0.1) is 0 Å². The van der Waals surface area contributed by atoms with E-state index in [4.69, 9.17) is 0 Å². The van der Waals surface area contributed by atoms with Crippen molar-refractivity contribution in [3.63, 3.8) is 0 Å². The number of rotatable bonds is 7. The average Bonchev–Trinajstić information content (AvgIpc) is 2.49. The minimum absolute atomic E-state index is 0.399. The maximum Gasteiger partial charge on any atom is 0.323 e. The van der Waals surface area contributed by atoms with Crippen molar-refractivity contribution in [2.24, 2.45) is 0 Å². The Labute approximate surface area is 123 Å². The molecule has 2 aromatic rings. The second kappa shape index (κ2) is 7.55. The molecule has 21 heavy (non-hydrogen) atoms. The highest BCUT2D eigenvalue weighted by Crippen LogP contribution is 2.14. The second-order valence-corrected chi connectivity index (χ2v) is 4.88. The van der Waals surface area contributed by atoms with E-state index < -0.39 is 18.7 Å². The van der Waals surface area contributed by atoms with Gasteiger partial charge in [-0.1, -0.05) is 60.7 Å². The van der Waals surface area contributed by atoms with Crippen molar-refractivity contribution in [2.75, 3.05) is 6.67 Å². The third kappa shape index (κ3) is 4.39. The van der Waals surface area contributed by atoms with Crippen molar-refractivity contribution in [2.45, 2.75) is 19.1 Å². The minimum atomic E-state index is -1.13. The Balaban J connectivity index is 2.19. The number of nitrogens with zero attached hydrogens (tertiary/aromatic N) is 1. The van der Waals surface area contributed by atoms with Crippen LogP contribution in [0.25, 0.3) is 0 Å². The number of alkyl halides is 1. The molecule has 0 heterocycles. The summed E-state index contributed by atoms with van der Waals surface area (Å²) in [6.07, 6.45) is 0. The van der Waals surface area contributed by atoms with Gasteiger partial charge in [-0.2, -0.15) is 0 Å². The predicted molar refractivity (Wildman–Crippen MR) is 79.5 cm³/mol. The molecular formula is C17H18FNO2. The molecular weight excluding hydrogens is 269 g/mol. The highest BCUT2D eigenvalue weighted by atomic mass is 19.1. The van der Waals surface area contributed by atoms with Crippen LogP contribution in [0.3, 0.4) is 0 Å². The SMILES string of the molecule is O=C(O)C(CF)N(Cc1ccccc1)Cc1ccccc1. The van der Waals surface area contributed by atoms with E-state index in [0.717, 1.165) is 11.1 Å². The average molecular weight is 287 g/mol. The predicted octanol–water partition coefficient (Wildman–Crippen LogP) is 3.11. The molecule has 1 N–H and O–H groups in total. The van der Waals surface area contributed by atoms with Gasteiger partial charge >= 0.3 is 5.97 Å². The standard InChI is InChI=1S/C17H18FNO2/c18-11-16(17(20)21)19(12-14-7-3-1-4-8-14)13-15-9-5-2-6-10-15/h1-10,16H,11-13H2,(H,20,21). The maximum atomic E-state index is 13.1. The smallest absolute Gasteiger partial charge is 0.323 e. The first-order valence-corrected chi connectivity index (χ1v) is 6.81. The third-order valence-electron chi connectivity index (χ3n) is 3.33. The van der Waals surface area contributed by atoms with Crippen molar-refractivity contribution < 1.29 is 14.3 Å². The van der Waals surface area contributed by atoms with E-state index in [1.165, 1.54) is 0 Å². The first kappa shape index (κ1) is 15.2. The molecule has 0 bridgehead atoms. The summed E-state index contributed by atoms with van der Waals surface area (Å²) >= 11 is 0. The van der Waals surface area contributed by atoms with Crippen molar-refractivity contribution in [1.29, 1.82) is 0 Å². The number of halogens is 1. The molecule has 110 valence electrons.